The van der Waals surface area contributed by atoms with E-state index in [0.29, 0.717) is 16.5 Å². The summed E-state index contributed by atoms with van der Waals surface area (Å²) in [6.45, 7) is 7.87. The normalized spacial score (nSPS) is 28.2. The van der Waals surface area contributed by atoms with Gasteiger partial charge in [-0.25, -0.2) is 0 Å². The summed E-state index contributed by atoms with van der Waals surface area (Å²) in [6.07, 6.45) is 4.83. The highest BCUT2D eigenvalue weighted by Gasteiger charge is 2.32. The Hall–Kier alpha value is -0.390. The van der Waals surface area contributed by atoms with Gasteiger partial charge in [-0.1, -0.05) is 20.8 Å². The fourth-order valence-electron chi connectivity index (χ4n) is 2.40. The molecule has 1 aromatic heterocycles. The summed E-state index contributed by atoms with van der Waals surface area (Å²) >= 11 is 4.16. The molecule has 1 aromatic rings. The lowest BCUT2D eigenvalue weighted by Gasteiger charge is -2.36. The van der Waals surface area contributed by atoms with Gasteiger partial charge in [0.1, 0.15) is 0 Å². The van der Waals surface area contributed by atoms with Crippen LogP contribution in [-0.2, 0) is 0 Å². The van der Waals surface area contributed by atoms with Crippen molar-refractivity contribution in [2.24, 2.45) is 0 Å². The summed E-state index contributed by atoms with van der Waals surface area (Å²) in [7, 11) is 0. The lowest BCUT2D eigenvalue weighted by molar-refractivity contribution is 0.528. The Morgan fingerprint density at radius 1 is 1.45 bits per heavy atom. The third-order valence-corrected chi connectivity index (χ3v) is 7.28. The molecule has 0 bridgehead atoms. The van der Waals surface area contributed by atoms with E-state index in [-0.39, 0.29) is 0 Å². The van der Waals surface area contributed by atoms with Gasteiger partial charge in [-0.3, -0.25) is 4.98 Å². The third kappa shape index (κ3) is 3.83. The number of hydrogen-bond donors (Lipinski definition) is 2. The molecule has 1 fully saturated rings. The van der Waals surface area contributed by atoms with Gasteiger partial charge in [0.15, 0.2) is 0 Å². The average Bonchev–Trinajstić information content (AvgIpc) is 2.44. The van der Waals surface area contributed by atoms with Crippen LogP contribution in [0.3, 0.4) is 0 Å². The van der Waals surface area contributed by atoms with Gasteiger partial charge in [0.25, 0.3) is 0 Å². The number of rotatable bonds is 5. The first kappa shape index (κ1) is 16.0. The van der Waals surface area contributed by atoms with Crippen LogP contribution >= 0.6 is 23.5 Å². The van der Waals surface area contributed by atoms with Crippen LogP contribution in [0.5, 0.6) is 0 Å². The molecule has 2 heterocycles. The Morgan fingerprint density at radius 2 is 2.25 bits per heavy atom. The lowest BCUT2D eigenvalue weighted by atomic mass is 10.0. The molecule has 112 valence electrons. The van der Waals surface area contributed by atoms with Crippen molar-refractivity contribution in [1.82, 2.24) is 10.3 Å². The Morgan fingerprint density at radius 3 is 2.90 bits per heavy atom. The number of nitrogens with two attached hydrogens (primary N) is 1. The predicted molar refractivity (Wildman–Crippen MR) is 92.4 cm³/mol. The minimum Gasteiger partial charge on any atom is -0.398 e. The summed E-state index contributed by atoms with van der Waals surface area (Å²) in [4.78, 5) is 4.27. The quantitative estimate of drug-likeness (QED) is 0.873. The molecule has 2 rings (SSSR count). The van der Waals surface area contributed by atoms with Gasteiger partial charge >= 0.3 is 0 Å². The van der Waals surface area contributed by atoms with Crippen molar-refractivity contribution in [3.05, 3.63) is 24.0 Å². The van der Waals surface area contributed by atoms with Crippen molar-refractivity contribution in [3.63, 3.8) is 0 Å². The largest absolute Gasteiger partial charge is 0.398 e. The third-order valence-electron chi connectivity index (χ3n) is 3.78. The van der Waals surface area contributed by atoms with E-state index in [1.54, 1.807) is 6.20 Å². The Labute approximate surface area is 130 Å². The van der Waals surface area contributed by atoms with Gasteiger partial charge in [0, 0.05) is 51.2 Å². The van der Waals surface area contributed by atoms with E-state index >= 15 is 0 Å². The molecule has 1 aliphatic rings. The van der Waals surface area contributed by atoms with Crippen LogP contribution in [0, 0.1) is 0 Å². The van der Waals surface area contributed by atoms with E-state index in [1.807, 2.05) is 12.3 Å². The maximum atomic E-state index is 6.17. The van der Waals surface area contributed by atoms with Crippen molar-refractivity contribution in [2.75, 3.05) is 18.0 Å². The van der Waals surface area contributed by atoms with Crippen molar-refractivity contribution in [1.29, 1.82) is 0 Å². The predicted octanol–water partition coefficient (Wildman–Crippen LogP) is 3.33. The second-order valence-corrected chi connectivity index (χ2v) is 8.39. The summed E-state index contributed by atoms with van der Waals surface area (Å²) in [5.74, 6) is 1.17. The molecule has 0 radical (unpaired) electrons. The highest BCUT2D eigenvalue weighted by molar-refractivity contribution is 8.07. The molecular weight excluding hydrogens is 286 g/mol. The SMILES string of the molecule is CCCNC(c1cnccc1N)C1CSC(C)C(C)S1. The molecule has 20 heavy (non-hydrogen) atoms. The lowest BCUT2D eigenvalue weighted by Crippen LogP contribution is -2.38. The first-order valence-electron chi connectivity index (χ1n) is 7.33. The number of aromatic nitrogens is 1. The number of nitrogens with zero attached hydrogens (tertiary/aromatic N) is 1. The molecule has 0 aromatic carbocycles. The Kier molecular flexibility index (Phi) is 6.05. The van der Waals surface area contributed by atoms with Gasteiger partial charge in [-0.2, -0.15) is 23.5 Å². The second kappa shape index (κ2) is 7.57. The Bertz CT molecular complexity index is 427. The minimum atomic E-state index is 0.302. The van der Waals surface area contributed by atoms with Gasteiger partial charge in [-0.15, -0.1) is 0 Å². The molecule has 0 aliphatic carbocycles. The monoisotopic (exact) mass is 311 g/mol. The first-order valence-corrected chi connectivity index (χ1v) is 9.32. The van der Waals surface area contributed by atoms with Gasteiger partial charge in [-0.05, 0) is 19.0 Å². The summed E-state index contributed by atoms with van der Waals surface area (Å²) in [5, 5.41) is 5.65. The molecule has 0 amide bonds. The topological polar surface area (TPSA) is 50.9 Å². The van der Waals surface area contributed by atoms with Crippen LogP contribution in [0.2, 0.25) is 0 Å². The number of nitrogens with one attached hydrogen (secondary N) is 1. The Balaban J connectivity index is 2.17. The van der Waals surface area contributed by atoms with Crippen LogP contribution in [0.4, 0.5) is 5.69 Å². The maximum absolute atomic E-state index is 6.17. The van der Waals surface area contributed by atoms with Crippen molar-refractivity contribution in [2.45, 2.75) is 49.0 Å². The van der Waals surface area contributed by atoms with E-state index < -0.39 is 0 Å². The zero-order chi connectivity index (χ0) is 14.5. The van der Waals surface area contributed by atoms with Crippen LogP contribution in [-0.4, -0.2) is 33.0 Å². The van der Waals surface area contributed by atoms with Crippen molar-refractivity contribution < 1.29 is 0 Å². The molecule has 1 saturated heterocycles. The fraction of sp³-hybridized carbons (Fsp3) is 0.667. The van der Waals surface area contributed by atoms with Crippen LogP contribution < -0.4 is 11.1 Å². The standard InChI is InChI=1S/C15H25N3S2/c1-4-6-18-15(12-8-17-7-5-13(12)16)14-9-19-10(2)11(3)20-14/h5,7-8,10-11,14-15,18H,4,6,9H2,1-3H3,(H2,16,17). The van der Waals surface area contributed by atoms with Gasteiger partial charge in [0.2, 0.25) is 0 Å². The number of anilines is 1. The van der Waals surface area contributed by atoms with E-state index in [1.165, 1.54) is 5.75 Å². The minimum absolute atomic E-state index is 0.302. The fourth-order valence-corrected chi connectivity index (χ4v) is 5.51. The molecular formula is C15H25N3S2. The van der Waals surface area contributed by atoms with Crippen molar-refractivity contribution >= 4 is 29.2 Å². The molecule has 0 saturated carbocycles. The first-order chi connectivity index (χ1) is 9.63. The molecule has 5 heteroatoms. The number of pyridine rings is 1. The van der Waals surface area contributed by atoms with Crippen molar-refractivity contribution in [3.8, 4) is 0 Å². The smallest absolute Gasteiger partial charge is 0.0484 e. The maximum Gasteiger partial charge on any atom is 0.0484 e. The zero-order valence-electron chi connectivity index (χ0n) is 12.5. The second-order valence-electron chi connectivity index (χ2n) is 5.35. The highest BCUT2D eigenvalue weighted by atomic mass is 32.2. The van der Waals surface area contributed by atoms with Crippen LogP contribution in [0.1, 0.15) is 38.8 Å². The van der Waals surface area contributed by atoms with E-state index in [0.717, 1.165) is 29.5 Å². The molecule has 4 unspecified atom stereocenters. The van der Waals surface area contributed by atoms with E-state index in [2.05, 4.69) is 54.6 Å². The molecule has 4 atom stereocenters. The van der Waals surface area contributed by atoms with E-state index in [9.17, 15) is 0 Å². The van der Waals surface area contributed by atoms with Gasteiger partial charge < -0.3 is 11.1 Å². The average molecular weight is 312 g/mol. The molecule has 0 spiro atoms. The number of hydrogen-bond acceptors (Lipinski definition) is 5. The van der Waals surface area contributed by atoms with E-state index in [4.69, 9.17) is 5.73 Å². The summed E-state index contributed by atoms with van der Waals surface area (Å²) in [6, 6.07) is 2.21. The summed E-state index contributed by atoms with van der Waals surface area (Å²) in [5.41, 5.74) is 8.17. The zero-order valence-corrected chi connectivity index (χ0v) is 14.1. The number of nitrogen functional groups attached to an aromatic ring is 1. The van der Waals surface area contributed by atoms with Gasteiger partial charge in [0.05, 0.1) is 0 Å². The van der Waals surface area contributed by atoms with Crippen LogP contribution in [0.25, 0.3) is 0 Å². The molecule has 1 aliphatic heterocycles. The summed E-state index contributed by atoms with van der Waals surface area (Å²) < 4.78 is 0. The van der Waals surface area contributed by atoms with Crippen LogP contribution in [0.15, 0.2) is 18.5 Å². The highest BCUT2D eigenvalue weighted by Crippen LogP contribution is 2.41. The molecule has 3 N–H and O–H groups in total. The molecule has 3 nitrogen and oxygen atoms in total. The number of thioether (sulfide) groups is 2.